The number of aryl methyl sites for hydroxylation is 1. The minimum Gasteiger partial charge on any atom is -0.496 e. The first-order valence-corrected chi connectivity index (χ1v) is 6.09. The number of halogens is 1. The lowest BCUT2D eigenvalue weighted by molar-refractivity contribution is -0.120. The Bertz CT molecular complexity index is 469. The predicted octanol–water partition coefficient (Wildman–Crippen LogP) is 2.81. The van der Waals surface area contributed by atoms with Crippen LogP contribution in [0.25, 0.3) is 0 Å². The van der Waals surface area contributed by atoms with Crippen LogP contribution in [0.2, 0.25) is 5.02 Å². The molecule has 1 amide bonds. The van der Waals surface area contributed by atoms with Crippen molar-refractivity contribution >= 4 is 17.5 Å². The summed E-state index contributed by atoms with van der Waals surface area (Å²) in [7, 11) is 1.59. The zero-order valence-corrected chi connectivity index (χ0v) is 11.7. The molecule has 0 spiro atoms. The maximum Gasteiger partial charge on any atom is 0.224 e. The second kappa shape index (κ2) is 6.45. The summed E-state index contributed by atoms with van der Waals surface area (Å²) in [5, 5.41) is 3.42. The van der Waals surface area contributed by atoms with Gasteiger partial charge in [-0.05, 0) is 31.0 Å². The Balaban J connectivity index is 3.03. The second-order valence-electron chi connectivity index (χ2n) is 4.08. The quantitative estimate of drug-likeness (QED) is 0.833. The number of hydrogen-bond donors (Lipinski definition) is 1. The molecular formula is C14H18ClNO2. The van der Waals surface area contributed by atoms with Gasteiger partial charge >= 0.3 is 0 Å². The molecule has 98 valence electrons. The Morgan fingerprint density at radius 2 is 2.22 bits per heavy atom. The van der Waals surface area contributed by atoms with Crippen LogP contribution >= 0.6 is 11.6 Å². The molecule has 0 aromatic heterocycles. The van der Waals surface area contributed by atoms with Gasteiger partial charge in [0.15, 0.2) is 0 Å². The summed E-state index contributed by atoms with van der Waals surface area (Å²) >= 11 is 6.20. The summed E-state index contributed by atoms with van der Waals surface area (Å²) in [6.07, 6.45) is 1.90. The first kappa shape index (κ1) is 14.6. The highest BCUT2D eigenvalue weighted by atomic mass is 35.5. The van der Waals surface area contributed by atoms with Gasteiger partial charge in [-0.2, -0.15) is 0 Å². The van der Waals surface area contributed by atoms with Crippen LogP contribution in [-0.4, -0.2) is 19.6 Å². The van der Waals surface area contributed by atoms with Gasteiger partial charge in [0.05, 0.1) is 13.5 Å². The van der Waals surface area contributed by atoms with E-state index in [1.54, 1.807) is 13.2 Å². The van der Waals surface area contributed by atoms with Crippen LogP contribution in [0.3, 0.4) is 0 Å². The van der Waals surface area contributed by atoms with Crippen LogP contribution in [0.5, 0.6) is 5.75 Å². The van der Waals surface area contributed by atoms with Crippen molar-refractivity contribution in [1.29, 1.82) is 0 Å². The van der Waals surface area contributed by atoms with Crippen molar-refractivity contribution in [1.82, 2.24) is 5.32 Å². The van der Waals surface area contributed by atoms with Crippen molar-refractivity contribution in [3.05, 3.63) is 40.4 Å². The minimum atomic E-state index is -0.0729. The summed E-state index contributed by atoms with van der Waals surface area (Å²) in [4.78, 5) is 11.7. The second-order valence-corrected chi connectivity index (χ2v) is 4.46. The van der Waals surface area contributed by atoms with E-state index in [-0.39, 0.29) is 12.3 Å². The van der Waals surface area contributed by atoms with E-state index in [0.717, 1.165) is 16.7 Å². The molecule has 4 heteroatoms. The fourth-order valence-electron chi connectivity index (χ4n) is 1.77. The largest absolute Gasteiger partial charge is 0.496 e. The van der Waals surface area contributed by atoms with Gasteiger partial charge in [-0.1, -0.05) is 17.7 Å². The molecule has 0 bridgehead atoms. The van der Waals surface area contributed by atoms with E-state index in [2.05, 4.69) is 11.9 Å². The molecule has 0 saturated carbocycles. The molecule has 0 radical (unpaired) electrons. The Morgan fingerprint density at radius 1 is 1.56 bits per heavy atom. The van der Waals surface area contributed by atoms with E-state index in [9.17, 15) is 4.79 Å². The van der Waals surface area contributed by atoms with Gasteiger partial charge in [0.25, 0.3) is 0 Å². The molecule has 1 aromatic rings. The average molecular weight is 268 g/mol. The van der Waals surface area contributed by atoms with Crippen LogP contribution < -0.4 is 10.1 Å². The highest BCUT2D eigenvalue weighted by molar-refractivity contribution is 6.32. The van der Waals surface area contributed by atoms with Crippen LogP contribution in [-0.2, 0) is 11.2 Å². The van der Waals surface area contributed by atoms with E-state index < -0.39 is 0 Å². The van der Waals surface area contributed by atoms with E-state index in [1.807, 2.05) is 19.9 Å². The van der Waals surface area contributed by atoms with E-state index in [4.69, 9.17) is 16.3 Å². The van der Waals surface area contributed by atoms with Crippen LogP contribution in [0.4, 0.5) is 0 Å². The molecule has 0 aliphatic rings. The summed E-state index contributed by atoms with van der Waals surface area (Å²) < 4.78 is 5.31. The monoisotopic (exact) mass is 267 g/mol. The molecule has 18 heavy (non-hydrogen) atoms. The van der Waals surface area contributed by atoms with Crippen molar-refractivity contribution in [2.75, 3.05) is 13.7 Å². The number of benzene rings is 1. The zero-order valence-electron chi connectivity index (χ0n) is 11.0. The number of carbonyl (C=O) groups excluding carboxylic acids is 1. The summed E-state index contributed by atoms with van der Waals surface area (Å²) in [5.74, 6) is 0.624. The topological polar surface area (TPSA) is 38.3 Å². The lowest BCUT2D eigenvalue weighted by atomic mass is 10.0. The van der Waals surface area contributed by atoms with Crippen molar-refractivity contribution in [2.24, 2.45) is 0 Å². The third-order valence-electron chi connectivity index (χ3n) is 2.77. The first-order valence-electron chi connectivity index (χ1n) is 5.71. The zero-order chi connectivity index (χ0) is 13.7. The molecule has 0 fully saturated rings. The number of carbonyl (C=O) groups is 1. The molecule has 0 aliphatic heterocycles. The molecule has 3 nitrogen and oxygen atoms in total. The van der Waals surface area contributed by atoms with Crippen LogP contribution in [0.1, 0.15) is 16.7 Å². The number of rotatable bonds is 5. The molecule has 0 saturated heterocycles. The van der Waals surface area contributed by atoms with E-state index in [1.165, 1.54) is 0 Å². The van der Waals surface area contributed by atoms with Gasteiger partial charge in [-0.3, -0.25) is 4.79 Å². The first-order chi connectivity index (χ1) is 8.51. The van der Waals surface area contributed by atoms with Crippen molar-refractivity contribution in [3.63, 3.8) is 0 Å². The van der Waals surface area contributed by atoms with Crippen molar-refractivity contribution in [3.8, 4) is 5.75 Å². The highest BCUT2D eigenvalue weighted by Crippen LogP contribution is 2.31. The van der Waals surface area contributed by atoms with Crippen molar-refractivity contribution in [2.45, 2.75) is 20.3 Å². The molecule has 1 aromatic carbocycles. The Morgan fingerprint density at radius 3 is 2.78 bits per heavy atom. The maximum atomic E-state index is 11.7. The number of ether oxygens (including phenoxy) is 1. The fourth-order valence-corrected chi connectivity index (χ4v) is 1.94. The van der Waals surface area contributed by atoms with Crippen LogP contribution in [0, 0.1) is 13.8 Å². The maximum absolute atomic E-state index is 11.7. The summed E-state index contributed by atoms with van der Waals surface area (Å²) in [6, 6.07) is 1.85. The highest BCUT2D eigenvalue weighted by Gasteiger charge is 2.15. The number of hydrogen-bond acceptors (Lipinski definition) is 2. The molecule has 0 heterocycles. The van der Waals surface area contributed by atoms with Gasteiger partial charge in [0, 0.05) is 17.1 Å². The van der Waals surface area contributed by atoms with Gasteiger partial charge < -0.3 is 10.1 Å². The Kier molecular flexibility index (Phi) is 5.23. The average Bonchev–Trinajstić information content (AvgIpc) is 2.36. The summed E-state index contributed by atoms with van der Waals surface area (Å²) in [6.45, 7) is 7.83. The molecular weight excluding hydrogens is 250 g/mol. The SMILES string of the molecule is C=CCNC(=O)Cc1c(OC)cc(C)c(Cl)c1C. The molecule has 0 aliphatic carbocycles. The van der Waals surface area contributed by atoms with Gasteiger partial charge in [0.2, 0.25) is 5.91 Å². The van der Waals surface area contributed by atoms with Gasteiger partial charge in [-0.25, -0.2) is 0 Å². The third kappa shape index (κ3) is 3.26. The summed E-state index contributed by atoms with van der Waals surface area (Å²) in [5.41, 5.74) is 2.66. The molecule has 1 N–H and O–H groups in total. The van der Waals surface area contributed by atoms with E-state index in [0.29, 0.717) is 17.3 Å². The minimum absolute atomic E-state index is 0.0729. The van der Waals surface area contributed by atoms with Gasteiger partial charge in [-0.15, -0.1) is 6.58 Å². The van der Waals surface area contributed by atoms with Gasteiger partial charge in [0.1, 0.15) is 5.75 Å². The number of nitrogens with one attached hydrogen (secondary N) is 1. The predicted molar refractivity (Wildman–Crippen MR) is 74.4 cm³/mol. The van der Waals surface area contributed by atoms with Crippen molar-refractivity contribution < 1.29 is 9.53 Å². The molecule has 0 atom stereocenters. The van der Waals surface area contributed by atoms with E-state index >= 15 is 0 Å². The Labute approximate surface area is 113 Å². The lowest BCUT2D eigenvalue weighted by Crippen LogP contribution is -2.25. The Hall–Kier alpha value is -1.48. The molecule has 0 unspecified atom stereocenters. The normalized spacial score (nSPS) is 10.0. The third-order valence-corrected chi connectivity index (χ3v) is 3.36. The lowest BCUT2D eigenvalue weighted by Gasteiger charge is -2.14. The smallest absolute Gasteiger partial charge is 0.224 e. The number of amides is 1. The van der Waals surface area contributed by atoms with Crippen LogP contribution in [0.15, 0.2) is 18.7 Å². The number of methoxy groups -OCH3 is 1. The standard InChI is InChI=1S/C14H18ClNO2/c1-5-6-16-13(17)8-11-10(3)14(15)9(2)7-12(11)18-4/h5,7H,1,6,8H2,2-4H3,(H,16,17). The fraction of sp³-hybridized carbons (Fsp3) is 0.357. The molecule has 1 rings (SSSR count).